The topological polar surface area (TPSA) is 29.5 Å². The van der Waals surface area contributed by atoms with Crippen molar-refractivity contribution < 1.29 is 9.53 Å². The molecule has 0 saturated carbocycles. The van der Waals surface area contributed by atoms with Crippen LogP contribution >= 0.6 is 11.6 Å². The van der Waals surface area contributed by atoms with Gasteiger partial charge < -0.3 is 4.74 Å². The molecule has 0 spiro atoms. The molecule has 0 radical (unpaired) electrons. The summed E-state index contributed by atoms with van der Waals surface area (Å²) in [6.45, 7) is 0.764. The Morgan fingerprint density at radius 2 is 1.25 bits per heavy atom. The molecule has 1 aliphatic rings. The van der Waals surface area contributed by atoms with Gasteiger partial charge in [-0.1, -0.05) is 91.0 Å². The number of rotatable bonds is 5. The Morgan fingerprint density at radius 3 is 1.64 bits per heavy atom. The largest absolute Gasteiger partial charge is 0.459 e. The van der Waals surface area contributed by atoms with Crippen LogP contribution in [0.2, 0.25) is 0 Å². The average Bonchev–Trinajstić information content (AvgIpc) is 2.76. The van der Waals surface area contributed by atoms with Gasteiger partial charge in [0, 0.05) is 6.54 Å². The molecule has 28 heavy (non-hydrogen) atoms. The Labute approximate surface area is 170 Å². The van der Waals surface area contributed by atoms with E-state index in [1.807, 2.05) is 54.6 Å². The summed E-state index contributed by atoms with van der Waals surface area (Å²) in [7, 11) is 0. The van der Waals surface area contributed by atoms with Crippen molar-refractivity contribution in [3.63, 3.8) is 0 Å². The number of cyclic esters (lactones) is 1. The number of hydrogen-bond donors (Lipinski definition) is 0. The van der Waals surface area contributed by atoms with Crippen molar-refractivity contribution >= 4 is 17.6 Å². The van der Waals surface area contributed by atoms with Crippen LogP contribution in [0.4, 0.5) is 0 Å². The highest BCUT2D eigenvalue weighted by Crippen LogP contribution is 2.43. The van der Waals surface area contributed by atoms with Gasteiger partial charge in [-0.2, -0.15) is 0 Å². The first-order valence-corrected chi connectivity index (χ1v) is 9.95. The lowest BCUT2D eigenvalue weighted by molar-refractivity contribution is -0.160. The van der Waals surface area contributed by atoms with Crippen molar-refractivity contribution in [2.75, 3.05) is 19.0 Å². The monoisotopic (exact) mass is 391 g/mol. The summed E-state index contributed by atoms with van der Waals surface area (Å²) in [6.07, 6.45) is -0.335. The summed E-state index contributed by atoms with van der Waals surface area (Å²) < 4.78 is 5.46. The molecule has 0 bridgehead atoms. The van der Waals surface area contributed by atoms with E-state index in [9.17, 15) is 4.79 Å². The van der Waals surface area contributed by atoms with Crippen LogP contribution in [0.3, 0.4) is 0 Å². The van der Waals surface area contributed by atoms with Gasteiger partial charge in [-0.3, -0.25) is 9.69 Å². The van der Waals surface area contributed by atoms with Crippen molar-refractivity contribution in [2.45, 2.75) is 11.6 Å². The van der Waals surface area contributed by atoms with Crippen molar-refractivity contribution in [3.05, 3.63) is 108 Å². The standard InChI is InChI=1S/C24H22ClNO2/c25-16-22-17-26(18-23(27)28-22)24(19-10-4-1-5-11-19,20-12-6-2-7-13-20)21-14-8-3-9-15-21/h1-15,22H,16-18H2/t22-/m1/s1. The average molecular weight is 392 g/mol. The Kier molecular flexibility index (Phi) is 5.47. The second-order valence-corrected chi connectivity index (χ2v) is 7.26. The van der Waals surface area contributed by atoms with Gasteiger partial charge in [-0.25, -0.2) is 0 Å². The fourth-order valence-electron chi connectivity index (χ4n) is 4.15. The lowest BCUT2D eigenvalue weighted by Gasteiger charge is -2.47. The number of halogens is 1. The van der Waals surface area contributed by atoms with Gasteiger partial charge in [0.15, 0.2) is 0 Å². The molecule has 4 rings (SSSR count). The number of hydrogen-bond acceptors (Lipinski definition) is 3. The van der Waals surface area contributed by atoms with Crippen LogP contribution in [0.1, 0.15) is 16.7 Å². The number of carbonyl (C=O) groups is 1. The van der Waals surface area contributed by atoms with Gasteiger partial charge in [0.1, 0.15) is 6.10 Å². The zero-order chi connectivity index (χ0) is 19.4. The van der Waals surface area contributed by atoms with E-state index < -0.39 is 5.54 Å². The summed E-state index contributed by atoms with van der Waals surface area (Å²) in [4.78, 5) is 14.7. The van der Waals surface area contributed by atoms with E-state index >= 15 is 0 Å². The third-order valence-electron chi connectivity index (χ3n) is 5.26. The van der Waals surface area contributed by atoms with Crippen LogP contribution in [0, 0.1) is 0 Å². The molecule has 1 saturated heterocycles. The van der Waals surface area contributed by atoms with E-state index in [2.05, 4.69) is 41.3 Å². The van der Waals surface area contributed by atoms with Gasteiger partial charge in [0.2, 0.25) is 0 Å². The molecule has 1 aliphatic heterocycles. The predicted molar refractivity (Wildman–Crippen MR) is 111 cm³/mol. The lowest BCUT2D eigenvalue weighted by Crippen LogP contribution is -2.57. The van der Waals surface area contributed by atoms with Crippen LogP contribution < -0.4 is 0 Å². The number of alkyl halides is 1. The summed E-state index contributed by atoms with van der Waals surface area (Å²) in [6, 6.07) is 31.0. The first kappa shape index (κ1) is 18.7. The van der Waals surface area contributed by atoms with Crippen molar-refractivity contribution in [2.24, 2.45) is 0 Å². The Balaban J connectivity index is 2.00. The Bertz CT molecular complexity index is 818. The van der Waals surface area contributed by atoms with Gasteiger partial charge >= 0.3 is 5.97 Å². The molecular formula is C24H22ClNO2. The number of ether oxygens (including phenoxy) is 1. The molecule has 142 valence electrons. The van der Waals surface area contributed by atoms with E-state index in [1.54, 1.807) is 0 Å². The van der Waals surface area contributed by atoms with Crippen LogP contribution in [0.25, 0.3) is 0 Å². The maximum Gasteiger partial charge on any atom is 0.320 e. The number of esters is 1. The molecule has 4 heteroatoms. The molecule has 1 fully saturated rings. The number of carbonyl (C=O) groups excluding carboxylic acids is 1. The highest BCUT2D eigenvalue weighted by atomic mass is 35.5. The molecule has 3 nitrogen and oxygen atoms in total. The molecule has 1 atom stereocenters. The van der Waals surface area contributed by atoms with E-state index in [-0.39, 0.29) is 24.5 Å². The van der Waals surface area contributed by atoms with Crippen molar-refractivity contribution in [1.29, 1.82) is 0 Å². The fourth-order valence-corrected chi connectivity index (χ4v) is 4.31. The van der Waals surface area contributed by atoms with Crippen LogP contribution in [0.15, 0.2) is 91.0 Å². The van der Waals surface area contributed by atoms with E-state index in [0.717, 1.165) is 16.7 Å². The SMILES string of the molecule is O=C1CN(C(c2ccccc2)(c2ccccc2)c2ccccc2)C[C@@H](CCl)O1. The number of benzene rings is 3. The molecule has 3 aromatic carbocycles. The summed E-state index contributed by atoms with van der Waals surface area (Å²) >= 11 is 6.10. The predicted octanol–water partition coefficient (Wildman–Crippen LogP) is 4.44. The second kappa shape index (κ2) is 8.17. The zero-order valence-corrected chi connectivity index (χ0v) is 16.3. The maximum atomic E-state index is 12.5. The zero-order valence-electron chi connectivity index (χ0n) is 15.5. The third-order valence-corrected chi connectivity index (χ3v) is 5.61. The third kappa shape index (κ3) is 3.32. The molecular weight excluding hydrogens is 370 g/mol. The van der Waals surface area contributed by atoms with E-state index in [4.69, 9.17) is 16.3 Å². The van der Waals surface area contributed by atoms with Gasteiger partial charge in [0.05, 0.1) is 18.0 Å². The first-order valence-electron chi connectivity index (χ1n) is 9.42. The molecule has 1 heterocycles. The Morgan fingerprint density at radius 1 is 0.821 bits per heavy atom. The molecule has 0 unspecified atom stereocenters. The highest BCUT2D eigenvalue weighted by molar-refractivity contribution is 6.18. The van der Waals surface area contributed by atoms with Crippen LogP contribution in [0.5, 0.6) is 0 Å². The molecule has 0 amide bonds. The second-order valence-electron chi connectivity index (χ2n) is 6.96. The van der Waals surface area contributed by atoms with Crippen LogP contribution in [-0.4, -0.2) is 35.9 Å². The van der Waals surface area contributed by atoms with Crippen molar-refractivity contribution in [1.82, 2.24) is 4.90 Å². The molecule has 0 N–H and O–H groups in total. The summed E-state index contributed by atoms with van der Waals surface area (Å²) in [5.41, 5.74) is 2.70. The molecule has 0 aliphatic carbocycles. The maximum absolute atomic E-state index is 12.5. The highest BCUT2D eigenvalue weighted by Gasteiger charge is 2.45. The lowest BCUT2D eigenvalue weighted by atomic mass is 9.75. The van der Waals surface area contributed by atoms with E-state index in [0.29, 0.717) is 6.54 Å². The van der Waals surface area contributed by atoms with Gasteiger partial charge in [-0.15, -0.1) is 11.6 Å². The fraction of sp³-hybridized carbons (Fsp3) is 0.208. The molecule has 0 aromatic heterocycles. The minimum atomic E-state index is -0.618. The Hall–Kier alpha value is -2.62. The minimum Gasteiger partial charge on any atom is -0.459 e. The number of nitrogens with zero attached hydrogens (tertiary/aromatic N) is 1. The quantitative estimate of drug-likeness (QED) is 0.365. The summed E-state index contributed by atoms with van der Waals surface area (Å²) in [5.74, 6) is 0.0283. The molecule has 3 aromatic rings. The van der Waals surface area contributed by atoms with Crippen LogP contribution in [-0.2, 0) is 15.1 Å². The summed E-state index contributed by atoms with van der Waals surface area (Å²) in [5, 5.41) is 0. The van der Waals surface area contributed by atoms with Crippen molar-refractivity contribution in [3.8, 4) is 0 Å². The van der Waals surface area contributed by atoms with E-state index in [1.165, 1.54) is 0 Å². The smallest absolute Gasteiger partial charge is 0.320 e. The first-order chi connectivity index (χ1) is 13.7. The number of morpholine rings is 1. The van der Waals surface area contributed by atoms with Gasteiger partial charge in [-0.05, 0) is 16.7 Å². The van der Waals surface area contributed by atoms with Gasteiger partial charge in [0.25, 0.3) is 0 Å². The normalized spacial score (nSPS) is 17.9. The minimum absolute atomic E-state index is 0.200.